The number of halogens is 1. The fourth-order valence-electron chi connectivity index (χ4n) is 2.52. The molecule has 0 aliphatic carbocycles. The number of aliphatic carboxylic acids is 1. The summed E-state index contributed by atoms with van der Waals surface area (Å²) in [6.07, 6.45) is 0.259. The Morgan fingerprint density at radius 2 is 1.91 bits per heavy atom. The van der Waals surface area contributed by atoms with E-state index in [1.54, 1.807) is 18.2 Å². The number of hydrogen-bond acceptors (Lipinski definition) is 3. The number of ether oxygens (including phenoxy) is 2. The van der Waals surface area contributed by atoms with E-state index in [0.29, 0.717) is 30.3 Å². The van der Waals surface area contributed by atoms with Crippen molar-refractivity contribution >= 4 is 5.97 Å². The molecule has 1 aliphatic heterocycles. The third-order valence-corrected chi connectivity index (χ3v) is 3.60. The molecule has 1 unspecified atom stereocenters. The summed E-state index contributed by atoms with van der Waals surface area (Å²) in [5, 5.41) is 9.44. The van der Waals surface area contributed by atoms with Crippen LogP contribution in [0.2, 0.25) is 0 Å². The molecule has 0 fully saturated rings. The number of rotatable bonds is 4. The van der Waals surface area contributed by atoms with E-state index in [4.69, 9.17) is 9.47 Å². The van der Waals surface area contributed by atoms with E-state index in [0.717, 1.165) is 5.56 Å². The molecule has 4 nitrogen and oxygen atoms in total. The van der Waals surface area contributed by atoms with Gasteiger partial charge in [-0.15, -0.1) is 0 Å². The molecule has 3 rings (SSSR count). The predicted octanol–water partition coefficient (Wildman–Crippen LogP) is 3.01. The van der Waals surface area contributed by atoms with Crippen LogP contribution in [0.15, 0.2) is 42.5 Å². The molecule has 1 heterocycles. The first kappa shape index (κ1) is 14.4. The van der Waals surface area contributed by atoms with Crippen molar-refractivity contribution in [1.82, 2.24) is 0 Å². The molecule has 0 saturated carbocycles. The van der Waals surface area contributed by atoms with Crippen molar-refractivity contribution in [2.45, 2.75) is 12.3 Å². The fraction of sp³-hybridized carbons (Fsp3) is 0.235. The molecule has 0 saturated heterocycles. The minimum absolute atomic E-state index is 0.259. The number of fused-ring (bicyclic) bond motifs is 1. The quantitative estimate of drug-likeness (QED) is 0.943. The Labute approximate surface area is 127 Å². The first-order chi connectivity index (χ1) is 10.6. The third kappa shape index (κ3) is 3.03. The van der Waals surface area contributed by atoms with Gasteiger partial charge in [0, 0.05) is 0 Å². The molecule has 114 valence electrons. The Bertz CT molecular complexity index is 699. The Morgan fingerprint density at radius 3 is 2.64 bits per heavy atom. The lowest BCUT2D eigenvalue weighted by atomic mass is 9.92. The van der Waals surface area contributed by atoms with Crippen LogP contribution in [-0.4, -0.2) is 24.3 Å². The molecule has 0 amide bonds. The second-order valence-corrected chi connectivity index (χ2v) is 5.13. The molecular formula is C17H15FO4. The lowest BCUT2D eigenvalue weighted by molar-refractivity contribution is -0.138. The molecule has 1 aliphatic rings. The Balaban J connectivity index is 1.86. The monoisotopic (exact) mass is 302 g/mol. The molecule has 2 aromatic carbocycles. The van der Waals surface area contributed by atoms with E-state index < -0.39 is 17.7 Å². The molecular weight excluding hydrogens is 287 g/mol. The van der Waals surface area contributed by atoms with Gasteiger partial charge in [0.25, 0.3) is 0 Å². The zero-order chi connectivity index (χ0) is 15.5. The smallest absolute Gasteiger partial charge is 0.311 e. The number of carboxylic acid groups (broad SMARTS) is 1. The van der Waals surface area contributed by atoms with Crippen LogP contribution in [-0.2, 0) is 11.2 Å². The number of benzene rings is 2. The average Bonchev–Trinajstić information content (AvgIpc) is 2.52. The highest BCUT2D eigenvalue weighted by molar-refractivity contribution is 5.76. The molecule has 0 aromatic heterocycles. The molecule has 0 spiro atoms. The zero-order valence-corrected chi connectivity index (χ0v) is 11.8. The number of carboxylic acids is 1. The highest BCUT2D eigenvalue weighted by Crippen LogP contribution is 2.32. The second kappa shape index (κ2) is 6.05. The number of hydrogen-bond donors (Lipinski definition) is 1. The standard InChI is InChI=1S/C17H15FO4/c18-13-3-1-2-12(10-13)14(17(19)20)8-11-4-5-15-16(9-11)22-7-6-21-15/h1-5,9-10,14H,6-8H2,(H,19,20). The van der Waals surface area contributed by atoms with Crippen molar-refractivity contribution in [2.75, 3.05) is 13.2 Å². The largest absolute Gasteiger partial charge is 0.486 e. The normalized spacial score (nSPS) is 14.4. The van der Waals surface area contributed by atoms with Gasteiger partial charge >= 0.3 is 5.97 Å². The summed E-state index contributed by atoms with van der Waals surface area (Å²) in [5.74, 6) is -0.954. The highest BCUT2D eigenvalue weighted by Gasteiger charge is 2.22. The van der Waals surface area contributed by atoms with Gasteiger partial charge in [-0.25, -0.2) is 4.39 Å². The van der Waals surface area contributed by atoms with E-state index in [9.17, 15) is 14.3 Å². The van der Waals surface area contributed by atoms with E-state index in [2.05, 4.69) is 0 Å². The summed E-state index contributed by atoms with van der Waals surface area (Å²) >= 11 is 0. The maximum atomic E-state index is 13.3. The molecule has 2 aromatic rings. The Hall–Kier alpha value is -2.56. The van der Waals surface area contributed by atoms with E-state index in [1.807, 2.05) is 6.07 Å². The lowest BCUT2D eigenvalue weighted by Gasteiger charge is -2.20. The van der Waals surface area contributed by atoms with Crippen molar-refractivity contribution in [3.63, 3.8) is 0 Å². The maximum absolute atomic E-state index is 13.3. The van der Waals surface area contributed by atoms with Crippen molar-refractivity contribution in [1.29, 1.82) is 0 Å². The summed E-state index contributed by atoms with van der Waals surface area (Å²) in [6, 6.07) is 11.1. The summed E-state index contributed by atoms with van der Waals surface area (Å²) in [7, 11) is 0. The van der Waals surface area contributed by atoms with Crippen LogP contribution in [0.25, 0.3) is 0 Å². The van der Waals surface area contributed by atoms with Crippen LogP contribution < -0.4 is 9.47 Å². The van der Waals surface area contributed by atoms with Crippen LogP contribution in [0.1, 0.15) is 17.0 Å². The van der Waals surface area contributed by atoms with Crippen LogP contribution in [0.5, 0.6) is 11.5 Å². The van der Waals surface area contributed by atoms with Gasteiger partial charge in [0.15, 0.2) is 11.5 Å². The zero-order valence-electron chi connectivity index (χ0n) is 11.8. The van der Waals surface area contributed by atoms with Crippen molar-refractivity contribution < 1.29 is 23.8 Å². The predicted molar refractivity (Wildman–Crippen MR) is 77.9 cm³/mol. The molecule has 1 atom stereocenters. The first-order valence-corrected chi connectivity index (χ1v) is 7.00. The minimum atomic E-state index is -0.986. The van der Waals surface area contributed by atoms with Gasteiger partial charge in [-0.3, -0.25) is 4.79 Å². The molecule has 0 bridgehead atoms. The molecule has 22 heavy (non-hydrogen) atoms. The first-order valence-electron chi connectivity index (χ1n) is 7.00. The van der Waals surface area contributed by atoms with Gasteiger partial charge in [-0.05, 0) is 41.8 Å². The van der Waals surface area contributed by atoms with Gasteiger partial charge in [-0.1, -0.05) is 18.2 Å². The van der Waals surface area contributed by atoms with E-state index >= 15 is 0 Å². The van der Waals surface area contributed by atoms with Gasteiger partial charge in [-0.2, -0.15) is 0 Å². The molecule has 1 N–H and O–H groups in total. The highest BCUT2D eigenvalue weighted by atomic mass is 19.1. The maximum Gasteiger partial charge on any atom is 0.311 e. The molecule has 0 radical (unpaired) electrons. The summed E-state index contributed by atoms with van der Waals surface area (Å²) in [6.45, 7) is 0.982. The summed E-state index contributed by atoms with van der Waals surface area (Å²) in [4.78, 5) is 11.5. The van der Waals surface area contributed by atoms with Crippen LogP contribution in [0, 0.1) is 5.82 Å². The van der Waals surface area contributed by atoms with Crippen molar-refractivity contribution in [3.8, 4) is 11.5 Å². The Morgan fingerprint density at radius 1 is 1.14 bits per heavy atom. The fourth-order valence-corrected chi connectivity index (χ4v) is 2.52. The van der Waals surface area contributed by atoms with Gasteiger partial charge in [0.1, 0.15) is 19.0 Å². The van der Waals surface area contributed by atoms with Crippen LogP contribution in [0.3, 0.4) is 0 Å². The van der Waals surface area contributed by atoms with Crippen molar-refractivity contribution in [3.05, 3.63) is 59.4 Å². The Kier molecular flexibility index (Phi) is 3.96. The van der Waals surface area contributed by atoms with Crippen LogP contribution in [0.4, 0.5) is 4.39 Å². The van der Waals surface area contributed by atoms with Gasteiger partial charge in [0.2, 0.25) is 0 Å². The van der Waals surface area contributed by atoms with Gasteiger partial charge < -0.3 is 14.6 Å². The van der Waals surface area contributed by atoms with E-state index in [-0.39, 0.29) is 6.42 Å². The van der Waals surface area contributed by atoms with E-state index in [1.165, 1.54) is 18.2 Å². The van der Waals surface area contributed by atoms with Crippen molar-refractivity contribution in [2.24, 2.45) is 0 Å². The summed E-state index contributed by atoms with van der Waals surface area (Å²) in [5.41, 5.74) is 1.25. The number of carbonyl (C=O) groups is 1. The molecule has 5 heteroatoms. The SMILES string of the molecule is O=C(O)C(Cc1ccc2c(c1)OCCO2)c1cccc(F)c1. The second-order valence-electron chi connectivity index (χ2n) is 5.13. The van der Waals surface area contributed by atoms with Crippen LogP contribution >= 0.6 is 0 Å². The average molecular weight is 302 g/mol. The lowest BCUT2D eigenvalue weighted by Crippen LogP contribution is -2.17. The van der Waals surface area contributed by atoms with Gasteiger partial charge in [0.05, 0.1) is 5.92 Å². The third-order valence-electron chi connectivity index (χ3n) is 3.60. The summed E-state index contributed by atoms with van der Waals surface area (Å²) < 4.78 is 24.3. The minimum Gasteiger partial charge on any atom is -0.486 e. The topological polar surface area (TPSA) is 55.8 Å².